The maximum atomic E-state index is 13.9. The van der Waals surface area contributed by atoms with E-state index in [-0.39, 0.29) is 28.2 Å². The van der Waals surface area contributed by atoms with Gasteiger partial charge in [-0.05, 0) is 61.8 Å². The Morgan fingerprint density at radius 3 is 2.48 bits per heavy atom. The van der Waals surface area contributed by atoms with Crippen molar-refractivity contribution in [2.75, 3.05) is 13.2 Å². The van der Waals surface area contributed by atoms with E-state index in [1.807, 2.05) is 0 Å². The first-order valence-electron chi connectivity index (χ1n) is 8.80. The first-order valence-corrected chi connectivity index (χ1v) is 9.18. The summed E-state index contributed by atoms with van der Waals surface area (Å²) >= 11 is 6.09. The van der Waals surface area contributed by atoms with Crippen molar-refractivity contribution in [3.63, 3.8) is 0 Å². The fraction of sp³-hybridized carbons (Fsp3) is 0.632. The van der Waals surface area contributed by atoms with Crippen LogP contribution in [0.25, 0.3) is 0 Å². The molecule has 0 amide bonds. The van der Waals surface area contributed by atoms with Crippen LogP contribution in [0.3, 0.4) is 0 Å². The Labute approximate surface area is 150 Å². The number of benzene rings is 1. The van der Waals surface area contributed by atoms with Crippen molar-refractivity contribution in [1.29, 1.82) is 0 Å². The Kier molecular flexibility index (Phi) is 4.00. The van der Waals surface area contributed by atoms with Gasteiger partial charge in [0.25, 0.3) is 0 Å². The average molecular weight is 369 g/mol. The molecule has 0 aromatic heterocycles. The fourth-order valence-corrected chi connectivity index (χ4v) is 6.26. The van der Waals surface area contributed by atoms with E-state index in [1.165, 1.54) is 6.42 Å². The van der Waals surface area contributed by atoms with Crippen molar-refractivity contribution in [3.05, 3.63) is 28.5 Å². The van der Waals surface area contributed by atoms with Crippen LogP contribution in [0, 0.1) is 28.5 Å². The maximum Gasteiger partial charge on any atom is 0.338 e. The van der Waals surface area contributed by atoms with Crippen LogP contribution in [0.4, 0.5) is 4.39 Å². The Hall–Kier alpha value is -1.33. The van der Waals surface area contributed by atoms with E-state index < -0.39 is 17.3 Å². The van der Waals surface area contributed by atoms with Crippen LogP contribution in [-0.4, -0.2) is 29.4 Å². The molecule has 0 heterocycles. The molecule has 6 heteroatoms. The van der Waals surface area contributed by atoms with E-state index in [0.717, 1.165) is 44.2 Å². The van der Waals surface area contributed by atoms with Crippen LogP contribution in [-0.2, 0) is 0 Å². The summed E-state index contributed by atoms with van der Waals surface area (Å²) in [6, 6.07) is 2.16. The molecule has 0 saturated heterocycles. The molecule has 2 unspecified atom stereocenters. The summed E-state index contributed by atoms with van der Waals surface area (Å²) in [7, 11) is 0. The molecule has 0 radical (unpaired) electrons. The van der Waals surface area contributed by atoms with Crippen LogP contribution < -0.4 is 4.74 Å². The van der Waals surface area contributed by atoms with E-state index in [2.05, 4.69) is 0 Å². The van der Waals surface area contributed by atoms with Crippen LogP contribution in [0.1, 0.15) is 48.9 Å². The number of carboxylic acid groups (broad SMARTS) is 1. The SMILES string of the molecule is O=C(O)c1cc(Cl)c(OCC23CC4CC(CC(CO)(C4)C2)C3)cc1F. The lowest BCUT2D eigenvalue weighted by molar-refractivity contribution is -0.141. The highest BCUT2D eigenvalue weighted by Crippen LogP contribution is 2.65. The quantitative estimate of drug-likeness (QED) is 0.819. The van der Waals surface area contributed by atoms with Gasteiger partial charge in [-0.15, -0.1) is 0 Å². The number of hydrogen-bond acceptors (Lipinski definition) is 3. The number of halogens is 2. The number of carboxylic acids is 1. The van der Waals surface area contributed by atoms with Gasteiger partial charge < -0.3 is 14.9 Å². The second kappa shape index (κ2) is 5.85. The number of carbonyl (C=O) groups is 1. The van der Waals surface area contributed by atoms with Crippen LogP contribution in [0.2, 0.25) is 5.02 Å². The second-order valence-corrected chi connectivity index (χ2v) is 8.88. The lowest BCUT2D eigenvalue weighted by atomic mass is 9.44. The van der Waals surface area contributed by atoms with E-state index in [9.17, 15) is 14.3 Å². The number of ether oxygens (including phenoxy) is 1. The Morgan fingerprint density at radius 1 is 1.24 bits per heavy atom. The lowest BCUT2D eigenvalue weighted by Gasteiger charge is -2.61. The molecular weight excluding hydrogens is 347 g/mol. The van der Waals surface area contributed by atoms with E-state index in [1.54, 1.807) is 0 Å². The standard InChI is InChI=1S/C19H22ClFO4/c20-14-2-13(17(23)24)15(21)3-16(14)25-10-19-6-11-1-12(7-19)5-18(4-11,8-19)9-22/h2-3,11-12,22H,1,4-10H2,(H,23,24). The van der Waals surface area contributed by atoms with E-state index in [0.29, 0.717) is 18.4 Å². The molecule has 0 spiro atoms. The van der Waals surface area contributed by atoms with Crippen molar-refractivity contribution < 1.29 is 24.1 Å². The van der Waals surface area contributed by atoms with Crippen molar-refractivity contribution in [2.24, 2.45) is 22.7 Å². The van der Waals surface area contributed by atoms with Crippen molar-refractivity contribution in [1.82, 2.24) is 0 Å². The van der Waals surface area contributed by atoms with Gasteiger partial charge in [0.1, 0.15) is 11.6 Å². The third kappa shape index (κ3) is 2.91. The summed E-state index contributed by atoms with van der Waals surface area (Å²) in [4.78, 5) is 11.0. The summed E-state index contributed by atoms with van der Waals surface area (Å²) in [5.74, 6) is -0.726. The number of aliphatic hydroxyl groups is 1. The van der Waals surface area contributed by atoms with Gasteiger partial charge in [-0.25, -0.2) is 9.18 Å². The minimum Gasteiger partial charge on any atom is -0.491 e. The molecule has 4 saturated carbocycles. The monoisotopic (exact) mass is 368 g/mol. The summed E-state index contributed by atoms with van der Waals surface area (Å²) in [5, 5.41) is 19.0. The molecular formula is C19H22ClFO4. The Bertz CT molecular complexity index is 706. The lowest BCUT2D eigenvalue weighted by Crippen LogP contribution is -2.55. The first kappa shape index (κ1) is 17.1. The highest BCUT2D eigenvalue weighted by Gasteiger charge is 2.57. The molecule has 4 fully saturated rings. The highest BCUT2D eigenvalue weighted by atomic mass is 35.5. The van der Waals surface area contributed by atoms with Crippen molar-refractivity contribution >= 4 is 17.6 Å². The first-order chi connectivity index (χ1) is 11.8. The zero-order chi connectivity index (χ0) is 17.8. The maximum absolute atomic E-state index is 13.9. The largest absolute Gasteiger partial charge is 0.491 e. The third-order valence-electron chi connectivity index (χ3n) is 6.42. The molecule has 1 aromatic carbocycles. The minimum absolute atomic E-state index is 0.0120. The normalized spacial score (nSPS) is 35.8. The fourth-order valence-electron chi connectivity index (χ4n) is 6.04. The molecule has 25 heavy (non-hydrogen) atoms. The van der Waals surface area contributed by atoms with Crippen molar-refractivity contribution in [3.8, 4) is 5.75 Å². The van der Waals surface area contributed by atoms with Gasteiger partial charge >= 0.3 is 5.97 Å². The molecule has 2 atom stereocenters. The van der Waals surface area contributed by atoms with Crippen LogP contribution >= 0.6 is 11.6 Å². The zero-order valence-electron chi connectivity index (χ0n) is 13.9. The molecule has 1 aromatic rings. The number of rotatable bonds is 5. The summed E-state index contributed by atoms with van der Waals surface area (Å²) < 4.78 is 19.8. The predicted octanol–water partition coefficient (Wildman–Crippen LogP) is 4.14. The third-order valence-corrected chi connectivity index (χ3v) is 6.72. The van der Waals surface area contributed by atoms with Crippen molar-refractivity contribution in [2.45, 2.75) is 38.5 Å². The smallest absolute Gasteiger partial charge is 0.338 e. The number of aliphatic hydroxyl groups excluding tert-OH is 1. The van der Waals surface area contributed by atoms with Gasteiger partial charge in [-0.2, -0.15) is 0 Å². The molecule has 136 valence electrons. The highest BCUT2D eigenvalue weighted by molar-refractivity contribution is 6.32. The van der Waals surface area contributed by atoms with Gasteiger partial charge in [-0.1, -0.05) is 11.6 Å². The molecule has 4 aliphatic rings. The van der Waals surface area contributed by atoms with Crippen LogP contribution in [0.15, 0.2) is 12.1 Å². The predicted molar refractivity (Wildman–Crippen MR) is 90.5 cm³/mol. The molecule has 0 aliphatic heterocycles. The number of hydrogen-bond donors (Lipinski definition) is 2. The average Bonchev–Trinajstić information content (AvgIpc) is 2.54. The van der Waals surface area contributed by atoms with Gasteiger partial charge in [0.15, 0.2) is 0 Å². The van der Waals surface area contributed by atoms with Gasteiger partial charge in [0, 0.05) is 18.1 Å². The summed E-state index contributed by atoms with van der Waals surface area (Å²) in [6.45, 7) is 0.664. The van der Waals surface area contributed by atoms with Crippen LogP contribution in [0.5, 0.6) is 5.75 Å². The van der Waals surface area contributed by atoms with E-state index in [4.69, 9.17) is 21.4 Å². The topological polar surface area (TPSA) is 66.8 Å². The zero-order valence-corrected chi connectivity index (χ0v) is 14.7. The van der Waals surface area contributed by atoms with E-state index >= 15 is 0 Å². The van der Waals surface area contributed by atoms with Gasteiger partial charge in [0.05, 0.1) is 17.2 Å². The molecule has 2 N–H and O–H groups in total. The molecule has 4 bridgehead atoms. The molecule has 5 rings (SSSR count). The Balaban J connectivity index is 1.54. The summed E-state index contributed by atoms with van der Waals surface area (Å²) in [5.41, 5.74) is -0.417. The molecule has 4 nitrogen and oxygen atoms in total. The molecule has 4 aliphatic carbocycles. The second-order valence-electron chi connectivity index (χ2n) is 8.48. The number of aromatic carboxylic acids is 1. The Morgan fingerprint density at radius 2 is 1.88 bits per heavy atom. The summed E-state index contributed by atoms with van der Waals surface area (Å²) in [6.07, 6.45) is 6.55. The van der Waals surface area contributed by atoms with Gasteiger partial charge in [0.2, 0.25) is 0 Å². The van der Waals surface area contributed by atoms with Gasteiger partial charge in [-0.3, -0.25) is 0 Å². The minimum atomic E-state index is -1.35.